The fraction of sp³-hybridized carbons (Fsp3) is 0.667. The van der Waals surface area contributed by atoms with Crippen LogP contribution in [0.4, 0.5) is 0 Å². The Kier molecular flexibility index (Phi) is 10.2. The minimum absolute atomic E-state index is 0.0533. The quantitative estimate of drug-likeness (QED) is 0.323. The Labute approximate surface area is 177 Å². The van der Waals surface area contributed by atoms with Crippen molar-refractivity contribution in [1.82, 2.24) is 5.32 Å². The second-order valence-electron chi connectivity index (χ2n) is 7.29. The number of hydrogen-bond acceptors (Lipinski definition) is 8. The summed E-state index contributed by atoms with van der Waals surface area (Å²) in [4.78, 5) is 53.8. The number of esters is 3. The van der Waals surface area contributed by atoms with Crippen LogP contribution in [0.15, 0.2) is 16.3 Å². The van der Waals surface area contributed by atoms with Crippen LogP contribution < -0.4 is 5.32 Å². The van der Waals surface area contributed by atoms with E-state index in [0.29, 0.717) is 5.71 Å². The highest BCUT2D eigenvalue weighted by Gasteiger charge is 2.46. The maximum atomic E-state index is 12.8. The van der Waals surface area contributed by atoms with Gasteiger partial charge in [-0.15, -0.1) is 0 Å². The monoisotopic (exact) mass is 424 g/mol. The summed E-state index contributed by atoms with van der Waals surface area (Å²) in [5, 5.41) is 2.77. The van der Waals surface area contributed by atoms with Gasteiger partial charge in [-0.25, -0.2) is 4.79 Å². The predicted octanol–water partition coefficient (Wildman–Crippen LogP) is 1.94. The second kappa shape index (κ2) is 12.1. The van der Waals surface area contributed by atoms with Crippen molar-refractivity contribution in [3.63, 3.8) is 0 Å². The average Bonchev–Trinajstić information content (AvgIpc) is 2.70. The average molecular weight is 424 g/mol. The number of carbonyl (C=O) groups excluding carboxylic acids is 4. The van der Waals surface area contributed by atoms with Crippen LogP contribution in [0.1, 0.15) is 53.4 Å². The Morgan fingerprint density at radius 1 is 1.03 bits per heavy atom. The lowest BCUT2D eigenvalue weighted by molar-refractivity contribution is -0.158. The lowest BCUT2D eigenvalue weighted by Gasteiger charge is -2.29. The molecule has 168 valence electrons. The van der Waals surface area contributed by atoms with E-state index in [9.17, 15) is 19.2 Å². The molecule has 1 rings (SSSR count). The Morgan fingerprint density at radius 2 is 1.70 bits per heavy atom. The van der Waals surface area contributed by atoms with Crippen molar-refractivity contribution < 1.29 is 33.4 Å². The summed E-state index contributed by atoms with van der Waals surface area (Å²) in [6, 6.07) is -0.0533. The van der Waals surface area contributed by atoms with E-state index in [1.165, 1.54) is 14.0 Å². The van der Waals surface area contributed by atoms with Gasteiger partial charge < -0.3 is 19.5 Å². The number of allylic oxidation sites excluding steroid dienone is 1. The van der Waals surface area contributed by atoms with Crippen molar-refractivity contribution >= 4 is 29.5 Å². The van der Waals surface area contributed by atoms with E-state index in [4.69, 9.17) is 14.2 Å². The van der Waals surface area contributed by atoms with Crippen molar-refractivity contribution in [3.05, 3.63) is 11.3 Å². The molecule has 0 aliphatic carbocycles. The molecular weight excluding hydrogens is 392 g/mol. The fourth-order valence-electron chi connectivity index (χ4n) is 3.42. The van der Waals surface area contributed by atoms with Gasteiger partial charge in [0.05, 0.1) is 19.8 Å². The first-order valence-electron chi connectivity index (χ1n) is 10.1. The Morgan fingerprint density at radius 3 is 2.27 bits per heavy atom. The number of hydrogen-bond donors (Lipinski definition) is 1. The smallest absolute Gasteiger partial charge is 0.336 e. The van der Waals surface area contributed by atoms with Crippen LogP contribution in [-0.2, 0) is 33.4 Å². The summed E-state index contributed by atoms with van der Waals surface area (Å²) in [6.07, 6.45) is 3.98. The van der Waals surface area contributed by atoms with Crippen LogP contribution in [0.5, 0.6) is 0 Å². The van der Waals surface area contributed by atoms with Crippen molar-refractivity contribution in [2.45, 2.75) is 59.4 Å². The minimum Gasteiger partial charge on any atom is -0.468 e. The summed E-state index contributed by atoms with van der Waals surface area (Å²) >= 11 is 0. The summed E-state index contributed by atoms with van der Waals surface area (Å²) in [7, 11) is 2.34. The molecule has 0 aromatic rings. The molecule has 0 radical (unpaired) electrons. The Bertz CT molecular complexity index is 727. The third-order valence-corrected chi connectivity index (χ3v) is 4.94. The zero-order valence-corrected chi connectivity index (χ0v) is 18.6. The maximum Gasteiger partial charge on any atom is 0.336 e. The van der Waals surface area contributed by atoms with Crippen LogP contribution in [0.2, 0.25) is 0 Å². The molecule has 0 saturated carbocycles. The summed E-state index contributed by atoms with van der Waals surface area (Å²) in [5.74, 6) is -5.33. The largest absolute Gasteiger partial charge is 0.468 e. The highest BCUT2D eigenvalue weighted by molar-refractivity contribution is 6.10. The van der Waals surface area contributed by atoms with Crippen molar-refractivity contribution in [2.24, 2.45) is 16.8 Å². The molecule has 9 heteroatoms. The number of aliphatic imine (C=N–C) groups is 1. The van der Waals surface area contributed by atoms with Crippen LogP contribution >= 0.6 is 0 Å². The maximum absolute atomic E-state index is 12.8. The third kappa shape index (κ3) is 6.67. The van der Waals surface area contributed by atoms with Crippen molar-refractivity contribution in [1.29, 1.82) is 0 Å². The molecule has 1 unspecified atom stereocenters. The molecule has 3 atom stereocenters. The molecule has 0 fully saturated rings. The zero-order valence-electron chi connectivity index (χ0n) is 18.6. The molecule has 0 spiro atoms. The van der Waals surface area contributed by atoms with E-state index in [0.717, 1.165) is 32.8 Å². The summed E-state index contributed by atoms with van der Waals surface area (Å²) < 4.78 is 14.7. The zero-order chi connectivity index (χ0) is 22.8. The molecule has 1 heterocycles. The predicted molar refractivity (Wildman–Crippen MR) is 110 cm³/mol. The van der Waals surface area contributed by atoms with Crippen LogP contribution in [0.25, 0.3) is 0 Å². The highest BCUT2D eigenvalue weighted by Crippen LogP contribution is 2.33. The van der Waals surface area contributed by atoms with E-state index in [1.807, 2.05) is 6.92 Å². The molecule has 1 amide bonds. The number of unbranched alkanes of at least 4 members (excludes halogenated alkanes) is 2. The molecule has 0 saturated heterocycles. The van der Waals surface area contributed by atoms with Gasteiger partial charge in [-0.3, -0.25) is 19.4 Å². The molecule has 30 heavy (non-hydrogen) atoms. The number of rotatable bonds is 10. The standard InChI is InChI=1S/C21H32N2O7/c1-7-8-9-10-12(2)22-15(24)11-30-21(27)18-16(19(25)28-5)13(3)23-14(4)17(18)20(26)29-6/h12,16,18H,7-11H2,1-6H3,(H,22,24)/t12-,16?,18+/m1/s1. The molecule has 1 aliphatic rings. The lowest BCUT2D eigenvalue weighted by atomic mass is 9.80. The van der Waals surface area contributed by atoms with E-state index in [-0.39, 0.29) is 17.3 Å². The summed E-state index contributed by atoms with van der Waals surface area (Å²) in [5.41, 5.74) is 0.468. The molecule has 9 nitrogen and oxygen atoms in total. The molecule has 0 aromatic carbocycles. The Balaban J connectivity index is 2.93. The first-order valence-corrected chi connectivity index (χ1v) is 10.1. The number of nitrogens with zero attached hydrogens (tertiary/aromatic N) is 1. The van der Waals surface area contributed by atoms with Gasteiger partial charge in [0.25, 0.3) is 5.91 Å². The number of amides is 1. The van der Waals surface area contributed by atoms with Gasteiger partial charge >= 0.3 is 17.9 Å². The van der Waals surface area contributed by atoms with Gasteiger partial charge in [-0.2, -0.15) is 0 Å². The number of methoxy groups -OCH3 is 2. The van der Waals surface area contributed by atoms with E-state index < -0.39 is 42.3 Å². The first kappa shape index (κ1) is 25.3. The molecule has 1 aliphatic heterocycles. The molecule has 1 N–H and O–H groups in total. The number of ether oxygens (including phenoxy) is 3. The Hall–Kier alpha value is -2.71. The fourth-order valence-corrected chi connectivity index (χ4v) is 3.42. The van der Waals surface area contributed by atoms with Crippen molar-refractivity contribution in [3.8, 4) is 0 Å². The normalized spacial score (nSPS) is 19.5. The molecular formula is C21H32N2O7. The van der Waals surface area contributed by atoms with E-state index >= 15 is 0 Å². The van der Waals surface area contributed by atoms with Gasteiger partial charge in [0.1, 0.15) is 11.8 Å². The van der Waals surface area contributed by atoms with Gasteiger partial charge in [0.2, 0.25) is 0 Å². The van der Waals surface area contributed by atoms with E-state index in [1.54, 1.807) is 6.92 Å². The van der Waals surface area contributed by atoms with Gasteiger partial charge in [0, 0.05) is 17.5 Å². The first-order chi connectivity index (χ1) is 14.2. The SMILES string of the molecule is CCCCC[C@@H](C)NC(=O)COC(=O)[C@@H]1C(C(=O)OC)=C(C)N=C(C)C1C(=O)OC. The highest BCUT2D eigenvalue weighted by atomic mass is 16.5. The third-order valence-electron chi connectivity index (χ3n) is 4.94. The van der Waals surface area contributed by atoms with Crippen LogP contribution in [0.3, 0.4) is 0 Å². The lowest BCUT2D eigenvalue weighted by Crippen LogP contribution is -2.43. The van der Waals surface area contributed by atoms with Gasteiger partial charge in [-0.05, 0) is 27.2 Å². The topological polar surface area (TPSA) is 120 Å². The summed E-state index contributed by atoms with van der Waals surface area (Å²) in [6.45, 7) is 6.55. The molecule has 0 bridgehead atoms. The van der Waals surface area contributed by atoms with E-state index in [2.05, 4.69) is 17.2 Å². The number of nitrogens with one attached hydrogen (secondary N) is 1. The number of carbonyl (C=O) groups is 4. The van der Waals surface area contributed by atoms with Gasteiger partial charge in [0.15, 0.2) is 6.61 Å². The van der Waals surface area contributed by atoms with Crippen LogP contribution in [0, 0.1) is 11.8 Å². The van der Waals surface area contributed by atoms with Crippen LogP contribution in [-0.4, -0.2) is 56.4 Å². The molecule has 0 aromatic heterocycles. The van der Waals surface area contributed by atoms with Gasteiger partial charge in [-0.1, -0.05) is 26.2 Å². The van der Waals surface area contributed by atoms with Crippen molar-refractivity contribution in [2.75, 3.05) is 20.8 Å². The minimum atomic E-state index is -1.31. The second-order valence-corrected chi connectivity index (χ2v) is 7.29.